The van der Waals surface area contributed by atoms with Gasteiger partial charge < -0.3 is 5.32 Å². The van der Waals surface area contributed by atoms with Crippen LogP contribution in [0.2, 0.25) is 0 Å². The Kier molecular flexibility index (Phi) is 4.76. The normalized spacial score (nSPS) is 15.6. The second-order valence-electron chi connectivity index (χ2n) is 8.00. The number of fused-ring (bicyclic) bond motifs is 1. The number of rotatable bonds is 6. The molecule has 27 heavy (non-hydrogen) atoms. The molecule has 1 atom stereocenters. The van der Waals surface area contributed by atoms with E-state index in [0.717, 1.165) is 29.6 Å². The van der Waals surface area contributed by atoms with E-state index in [9.17, 15) is 4.79 Å². The van der Waals surface area contributed by atoms with Gasteiger partial charge in [0.05, 0.1) is 23.2 Å². The van der Waals surface area contributed by atoms with Crippen LogP contribution in [0.15, 0.2) is 29.8 Å². The van der Waals surface area contributed by atoms with Gasteiger partial charge in [-0.2, -0.15) is 5.10 Å². The van der Waals surface area contributed by atoms with Crippen molar-refractivity contribution in [1.29, 1.82) is 0 Å². The molecule has 6 heteroatoms. The fourth-order valence-corrected chi connectivity index (χ4v) is 4.39. The fourth-order valence-electron chi connectivity index (χ4n) is 3.44. The van der Waals surface area contributed by atoms with Crippen molar-refractivity contribution in [2.24, 2.45) is 5.92 Å². The zero-order valence-electron chi connectivity index (χ0n) is 16.3. The van der Waals surface area contributed by atoms with Gasteiger partial charge in [-0.3, -0.25) is 4.79 Å². The van der Waals surface area contributed by atoms with Crippen LogP contribution >= 0.6 is 11.3 Å². The molecule has 0 radical (unpaired) electrons. The Morgan fingerprint density at radius 3 is 2.67 bits per heavy atom. The first-order valence-corrected chi connectivity index (χ1v) is 10.6. The highest BCUT2D eigenvalue weighted by molar-refractivity contribution is 7.10. The SMILES string of the molecule is CC(C)[C@@H](NC(=O)c1cc(C2CC2)nc2c1cnn2C(C)C)c1cccs1. The predicted octanol–water partition coefficient (Wildman–Crippen LogP) is 5.08. The zero-order chi connectivity index (χ0) is 19.1. The minimum absolute atomic E-state index is 0.00485. The fraction of sp³-hybridized carbons (Fsp3) is 0.476. The lowest BCUT2D eigenvalue weighted by Gasteiger charge is -2.21. The molecule has 1 saturated carbocycles. The number of carbonyl (C=O) groups is 1. The summed E-state index contributed by atoms with van der Waals surface area (Å²) >= 11 is 1.68. The van der Waals surface area contributed by atoms with Crippen molar-refractivity contribution >= 4 is 28.3 Å². The second kappa shape index (κ2) is 7.08. The van der Waals surface area contributed by atoms with E-state index >= 15 is 0 Å². The standard InChI is InChI=1S/C21H26N4OS/c1-12(2)19(18-6-5-9-27-18)24-21(26)15-10-17(14-7-8-14)23-20-16(15)11-22-25(20)13(3)4/h5-6,9-14,19H,7-8H2,1-4H3,(H,24,26)/t19-/m1/s1. The lowest BCUT2D eigenvalue weighted by Crippen LogP contribution is -2.31. The van der Waals surface area contributed by atoms with Crippen molar-refractivity contribution in [2.45, 2.75) is 58.5 Å². The highest BCUT2D eigenvalue weighted by atomic mass is 32.1. The molecule has 5 nitrogen and oxygen atoms in total. The van der Waals surface area contributed by atoms with Crippen molar-refractivity contribution in [2.75, 3.05) is 0 Å². The highest BCUT2D eigenvalue weighted by Gasteiger charge is 2.29. The maximum absolute atomic E-state index is 13.3. The first-order chi connectivity index (χ1) is 13.0. The molecule has 3 aromatic heterocycles. The highest BCUT2D eigenvalue weighted by Crippen LogP contribution is 2.40. The third kappa shape index (κ3) is 3.50. The van der Waals surface area contributed by atoms with E-state index in [-0.39, 0.29) is 18.0 Å². The molecule has 1 aliphatic carbocycles. The Balaban J connectivity index is 1.74. The molecule has 142 valence electrons. The number of carbonyl (C=O) groups excluding carboxylic acids is 1. The van der Waals surface area contributed by atoms with E-state index in [2.05, 4.69) is 49.6 Å². The summed E-state index contributed by atoms with van der Waals surface area (Å²) in [6, 6.07) is 6.31. The number of thiophene rings is 1. The van der Waals surface area contributed by atoms with Crippen molar-refractivity contribution in [3.63, 3.8) is 0 Å². The van der Waals surface area contributed by atoms with Gasteiger partial charge in [0.1, 0.15) is 0 Å². The molecule has 0 saturated heterocycles. The van der Waals surface area contributed by atoms with Gasteiger partial charge in [0.2, 0.25) is 0 Å². The Morgan fingerprint density at radius 1 is 1.30 bits per heavy atom. The Labute approximate surface area is 163 Å². The zero-order valence-corrected chi connectivity index (χ0v) is 17.1. The van der Waals surface area contributed by atoms with E-state index in [1.807, 2.05) is 16.8 Å². The van der Waals surface area contributed by atoms with E-state index in [1.165, 1.54) is 4.88 Å². The summed E-state index contributed by atoms with van der Waals surface area (Å²) in [5.74, 6) is 0.751. The van der Waals surface area contributed by atoms with Crippen molar-refractivity contribution in [3.8, 4) is 0 Å². The summed E-state index contributed by atoms with van der Waals surface area (Å²) < 4.78 is 1.91. The molecule has 1 amide bonds. The van der Waals surface area contributed by atoms with Crippen molar-refractivity contribution in [3.05, 3.63) is 45.9 Å². The quantitative estimate of drug-likeness (QED) is 0.647. The van der Waals surface area contributed by atoms with Gasteiger partial charge in [-0.1, -0.05) is 19.9 Å². The molecular formula is C21H26N4OS. The molecular weight excluding hydrogens is 356 g/mol. The number of nitrogens with zero attached hydrogens (tertiary/aromatic N) is 3. The Hall–Kier alpha value is -2.21. The molecule has 3 heterocycles. The molecule has 3 aromatic rings. The van der Waals surface area contributed by atoms with Gasteiger partial charge in [-0.15, -0.1) is 11.3 Å². The van der Waals surface area contributed by atoms with Gasteiger partial charge in [-0.25, -0.2) is 9.67 Å². The summed E-state index contributed by atoms with van der Waals surface area (Å²) in [4.78, 5) is 19.3. The molecule has 0 aromatic carbocycles. The van der Waals surface area contributed by atoms with Crippen LogP contribution in [0.1, 0.15) is 79.5 Å². The van der Waals surface area contributed by atoms with Gasteiger partial charge in [0.15, 0.2) is 5.65 Å². The molecule has 4 rings (SSSR count). The third-order valence-electron chi connectivity index (χ3n) is 5.12. The topological polar surface area (TPSA) is 59.8 Å². The van der Waals surface area contributed by atoms with Crippen LogP contribution in [0.3, 0.4) is 0 Å². The smallest absolute Gasteiger partial charge is 0.252 e. The average molecular weight is 383 g/mol. The number of hydrogen-bond acceptors (Lipinski definition) is 4. The predicted molar refractivity (Wildman–Crippen MR) is 109 cm³/mol. The molecule has 0 aliphatic heterocycles. The lowest BCUT2D eigenvalue weighted by atomic mass is 10.0. The van der Waals surface area contributed by atoms with Crippen molar-refractivity contribution in [1.82, 2.24) is 20.1 Å². The third-order valence-corrected chi connectivity index (χ3v) is 6.07. The number of amides is 1. The van der Waals surface area contributed by atoms with Crippen LogP contribution in [-0.4, -0.2) is 20.7 Å². The first-order valence-electron chi connectivity index (χ1n) is 9.68. The minimum Gasteiger partial charge on any atom is -0.344 e. The van der Waals surface area contributed by atoms with Crippen LogP contribution in [-0.2, 0) is 0 Å². The largest absolute Gasteiger partial charge is 0.344 e. The van der Waals surface area contributed by atoms with Crippen LogP contribution in [0, 0.1) is 5.92 Å². The van der Waals surface area contributed by atoms with Crippen LogP contribution < -0.4 is 5.32 Å². The Morgan fingerprint density at radius 2 is 2.07 bits per heavy atom. The van der Waals surface area contributed by atoms with Crippen molar-refractivity contribution < 1.29 is 4.79 Å². The molecule has 0 unspecified atom stereocenters. The number of aromatic nitrogens is 3. The summed E-state index contributed by atoms with van der Waals surface area (Å²) in [5.41, 5.74) is 2.53. The molecule has 1 aliphatic rings. The molecule has 1 N–H and O–H groups in total. The monoisotopic (exact) mass is 382 g/mol. The number of hydrogen-bond donors (Lipinski definition) is 1. The summed E-state index contributed by atoms with van der Waals surface area (Å²) in [6.45, 7) is 8.45. The van der Waals surface area contributed by atoms with E-state index in [4.69, 9.17) is 4.98 Å². The molecule has 1 fully saturated rings. The summed E-state index contributed by atoms with van der Waals surface area (Å²) in [7, 11) is 0. The van der Waals surface area contributed by atoms with Gasteiger partial charge in [-0.05, 0) is 50.1 Å². The minimum atomic E-state index is -0.0419. The van der Waals surface area contributed by atoms with Gasteiger partial charge in [0.25, 0.3) is 5.91 Å². The Bertz CT molecular complexity index is 954. The second-order valence-corrected chi connectivity index (χ2v) is 8.98. The maximum Gasteiger partial charge on any atom is 0.252 e. The first kappa shape index (κ1) is 18.2. The summed E-state index contributed by atoms with van der Waals surface area (Å²) in [5, 5.41) is 10.6. The molecule has 0 spiro atoms. The summed E-state index contributed by atoms with van der Waals surface area (Å²) in [6.07, 6.45) is 4.09. The maximum atomic E-state index is 13.3. The van der Waals surface area contributed by atoms with E-state index < -0.39 is 0 Å². The van der Waals surface area contributed by atoms with Gasteiger partial charge in [0, 0.05) is 22.5 Å². The number of pyridine rings is 1. The van der Waals surface area contributed by atoms with Crippen LogP contribution in [0.5, 0.6) is 0 Å². The average Bonchev–Trinajstić information content (AvgIpc) is 3.17. The number of nitrogens with one attached hydrogen (secondary N) is 1. The van der Waals surface area contributed by atoms with Crippen LogP contribution in [0.25, 0.3) is 11.0 Å². The van der Waals surface area contributed by atoms with Crippen LogP contribution in [0.4, 0.5) is 0 Å². The van der Waals surface area contributed by atoms with E-state index in [1.54, 1.807) is 17.5 Å². The molecule has 0 bridgehead atoms. The lowest BCUT2D eigenvalue weighted by molar-refractivity contribution is 0.0928. The van der Waals surface area contributed by atoms with E-state index in [0.29, 0.717) is 17.4 Å². The van der Waals surface area contributed by atoms with Gasteiger partial charge >= 0.3 is 0 Å².